The van der Waals surface area contributed by atoms with Gasteiger partial charge in [-0.2, -0.15) is 0 Å². The van der Waals surface area contributed by atoms with Crippen LogP contribution in [0.1, 0.15) is 19.0 Å². The van der Waals surface area contributed by atoms with Crippen molar-refractivity contribution in [3.05, 3.63) is 27.5 Å². The van der Waals surface area contributed by atoms with E-state index in [0.717, 1.165) is 33.4 Å². The van der Waals surface area contributed by atoms with Crippen molar-refractivity contribution in [1.82, 2.24) is 8.96 Å². The fourth-order valence-electron chi connectivity index (χ4n) is 1.63. The van der Waals surface area contributed by atoms with Crippen molar-refractivity contribution in [2.45, 2.75) is 19.8 Å². The molecule has 0 amide bonds. The first kappa shape index (κ1) is 13.0. The van der Waals surface area contributed by atoms with Crippen molar-refractivity contribution in [3.8, 4) is 0 Å². The second kappa shape index (κ2) is 5.46. The van der Waals surface area contributed by atoms with Gasteiger partial charge in [0.2, 0.25) is 0 Å². The van der Waals surface area contributed by atoms with Crippen LogP contribution in [0.2, 0.25) is 5.02 Å². The monoisotopic (exact) mass is 430 g/mol. The molecule has 0 saturated heterocycles. The number of rotatable bonds is 3. The van der Waals surface area contributed by atoms with E-state index in [-0.39, 0.29) is 0 Å². The van der Waals surface area contributed by atoms with Crippen molar-refractivity contribution >= 4 is 68.9 Å². The molecule has 0 aliphatic carbocycles. The molecule has 86 valence electrons. The normalized spacial score (nSPS) is 11.2. The Balaban J connectivity index is 2.71. The molecule has 0 fully saturated rings. The molecule has 0 spiro atoms. The van der Waals surface area contributed by atoms with Crippen molar-refractivity contribution in [1.29, 1.82) is 0 Å². The molecular formula is C10H9BrClIN2S. The number of aromatic nitrogens is 2. The van der Waals surface area contributed by atoms with Crippen molar-refractivity contribution in [2.24, 2.45) is 0 Å². The average molecular weight is 432 g/mol. The van der Waals surface area contributed by atoms with Gasteiger partial charge in [-0.05, 0) is 28.4 Å². The van der Waals surface area contributed by atoms with Crippen molar-refractivity contribution in [2.75, 3.05) is 0 Å². The minimum Gasteiger partial charge on any atom is -0.263 e. The molecule has 6 heteroatoms. The van der Waals surface area contributed by atoms with Crippen LogP contribution in [-0.4, -0.2) is 8.96 Å². The van der Waals surface area contributed by atoms with Gasteiger partial charge in [0.1, 0.15) is 0 Å². The summed E-state index contributed by atoms with van der Waals surface area (Å²) in [5.41, 5.74) is 2.21. The van der Waals surface area contributed by atoms with E-state index in [1.165, 1.54) is 5.69 Å². The van der Waals surface area contributed by atoms with E-state index in [9.17, 15) is 0 Å². The molecule has 2 heterocycles. The minimum absolute atomic E-state index is 0.742. The quantitative estimate of drug-likeness (QED) is 0.618. The number of pyridine rings is 1. The van der Waals surface area contributed by atoms with Gasteiger partial charge in [0, 0.05) is 47.6 Å². The molecule has 2 nitrogen and oxygen atoms in total. The highest BCUT2D eigenvalue weighted by Crippen LogP contribution is 2.35. The molecule has 0 atom stereocenters. The third kappa shape index (κ3) is 2.23. The summed E-state index contributed by atoms with van der Waals surface area (Å²) in [7, 11) is 1.64. The van der Waals surface area contributed by atoms with Crippen LogP contribution in [0, 0.1) is 0 Å². The average Bonchev–Trinajstić information content (AvgIpc) is 2.62. The molecule has 2 aromatic rings. The molecular weight excluding hydrogens is 422 g/mol. The smallest absolute Gasteiger partial charge is 0.152 e. The van der Waals surface area contributed by atoms with Crippen LogP contribution in [0.15, 0.2) is 16.7 Å². The van der Waals surface area contributed by atoms with Gasteiger partial charge in [-0.15, -0.1) is 0 Å². The summed E-state index contributed by atoms with van der Waals surface area (Å²) in [5, 5.41) is 1.76. The Kier molecular flexibility index (Phi) is 4.43. The van der Waals surface area contributed by atoms with Gasteiger partial charge in [-0.25, -0.2) is 4.98 Å². The van der Waals surface area contributed by atoms with Crippen LogP contribution in [0.3, 0.4) is 0 Å². The molecule has 0 aromatic carbocycles. The second-order valence-corrected chi connectivity index (χ2v) is 6.32. The van der Waals surface area contributed by atoms with Crippen LogP contribution in [-0.2, 0) is 6.42 Å². The first-order valence-electron chi connectivity index (χ1n) is 4.82. The number of hydrogen-bond donors (Lipinski definition) is 0. The molecule has 0 saturated carbocycles. The Morgan fingerprint density at radius 3 is 3.00 bits per heavy atom. The maximum absolute atomic E-state index is 6.26. The van der Waals surface area contributed by atoms with Crippen LogP contribution in [0.4, 0.5) is 0 Å². The number of aryl methyl sites for hydroxylation is 1. The van der Waals surface area contributed by atoms with E-state index >= 15 is 0 Å². The van der Waals surface area contributed by atoms with Crippen LogP contribution >= 0.6 is 57.9 Å². The maximum Gasteiger partial charge on any atom is 0.152 e. The SMILES string of the molecule is CCCc1cc2c(Cl)c(Br)cnc2n1SI. The van der Waals surface area contributed by atoms with E-state index in [0.29, 0.717) is 0 Å². The number of halogens is 3. The maximum atomic E-state index is 6.26. The lowest BCUT2D eigenvalue weighted by molar-refractivity contribution is 0.883. The Morgan fingerprint density at radius 1 is 1.62 bits per heavy atom. The lowest BCUT2D eigenvalue weighted by Gasteiger charge is -2.03. The zero-order chi connectivity index (χ0) is 11.7. The number of fused-ring (bicyclic) bond motifs is 1. The Morgan fingerprint density at radius 2 is 2.38 bits per heavy atom. The summed E-state index contributed by atoms with van der Waals surface area (Å²) in [4.78, 5) is 4.42. The molecule has 0 N–H and O–H groups in total. The molecule has 0 aliphatic rings. The third-order valence-corrected chi connectivity index (χ3v) is 5.29. The number of hydrogen-bond acceptors (Lipinski definition) is 2. The standard InChI is InChI=1S/C10H9BrClIN2S/c1-2-3-6-4-7-9(12)8(11)5-14-10(7)15(6)16-13/h4-5H,2-3H2,1H3. The third-order valence-electron chi connectivity index (χ3n) is 2.33. The first-order valence-corrected chi connectivity index (χ1v) is 9.31. The van der Waals surface area contributed by atoms with E-state index in [4.69, 9.17) is 11.6 Å². The van der Waals surface area contributed by atoms with Crippen LogP contribution < -0.4 is 0 Å². The number of nitrogens with zero attached hydrogens (tertiary/aromatic N) is 2. The Hall–Kier alpha value is 0.540. The summed E-state index contributed by atoms with van der Waals surface area (Å²) in [6, 6.07) is 2.13. The second-order valence-electron chi connectivity index (χ2n) is 3.41. The summed E-state index contributed by atoms with van der Waals surface area (Å²) < 4.78 is 2.98. The van der Waals surface area contributed by atoms with Gasteiger partial charge in [-0.3, -0.25) is 3.97 Å². The topological polar surface area (TPSA) is 17.8 Å². The Labute approximate surface area is 124 Å². The predicted molar refractivity (Wildman–Crippen MR) is 83.4 cm³/mol. The molecule has 0 bridgehead atoms. The zero-order valence-corrected chi connectivity index (χ0v) is 13.8. The fraction of sp³-hybridized carbons (Fsp3) is 0.300. The summed E-state index contributed by atoms with van der Waals surface area (Å²) >= 11 is 11.9. The molecule has 0 unspecified atom stereocenters. The molecule has 0 aliphatic heterocycles. The van der Waals surface area contributed by atoms with Gasteiger partial charge < -0.3 is 0 Å². The lowest BCUT2D eigenvalue weighted by atomic mass is 10.2. The van der Waals surface area contributed by atoms with E-state index in [1.54, 1.807) is 15.3 Å². The zero-order valence-electron chi connectivity index (χ0n) is 8.51. The van der Waals surface area contributed by atoms with Crippen LogP contribution in [0.25, 0.3) is 11.0 Å². The highest BCUT2D eigenvalue weighted by atomic mass is 127. The summed E-state index contributed by atoms with van der Waals surface area (Å²) in [6.07, 6.45) is 3.91. The summed E-state index contributed by atoms with van der Waals surface area (Å²) in [5.74, 6) is 0. The van der Waals surface area contributed by atoms with E-state index in [2.05, 4.69) is 59.1 Å². The van der Waals surface area contributed by atoms with Gasteiger partial charge in [0.15, 0.2) is 5.65 Å². The van der Waals surface area contributed by atoms with Gasteiger partial charge >= 0.3 is 0 Å². The molecule has 2 rings (SSSR count). The first-order chi connectivity index (χ1) is 7.69. The Bertz CT molecular complexity index is 529. The lowest BCUT2D eigenvalue weighted by Crippen LogP contribution is -1.92. The van der Waals surface area contributed by atoms with Gasteiger partial charge in [0.05, 0.1) is 9.50 Å². The summed E-state index contributed by atoms with van der Waals surface area (Å²) in [6.45, 7) is 2.17. The van der Waals surface area contributed by atoms with Gasteiger partial charge in [-0.1, -0.05) is 24.9 Å². The van der Waals surface area contributed by atoms with Crippen LogP contribution in [0.5, 0.6) is 0 Å². The van der Waals surface area contributed by atoms with E-state index in [1.807, 2.05) is 0 Å². The van der Waals surface area contributed by atoms with E-state index < -0.39 is 0 Å². The fourth-order valence-corrected chi connectivity index (χ4v) is 3.89. The highest BCUT2D eigenvalue weighted by Gasteiger charge is 2.13. The molecule has 16 heavy (non-hydrogen) atoms. The molecule has 2 aromatic heterocycles. The largest absolute Gasteiger partial charge is 0.263 e. The molecule has 0 radical (unpaired) electrons. The highest BCUT2D eigenvalue weighted by molar-refractivity contribution is 14.2. The predicted octanol–water partition coefficient (Wildman–Crippen LogP) is 5.25. The van der Waals surface area contributed by atoms with Gasteiger partial charge in [0.25, 0.3) is 0 Å². The van der Waals surface area contributed by atoms with Crippen molar-refractivity contribution < 1.29 is 0 Å². The minimum atomic E-state index is 0.742. The van der Waals surface area contributed by atoms with Crippen molar-refractivity contribution in [3.63, 3.8) is 0 Å².